The Morgan fingerprint density at radius 3 is 2.81 bits per heavy atom. The van der Waals surface area contributed by atoms with E-state index in [0.717, 1.165) is 30.2 Å². The van der Waals surface area contributed by atoms with Crippen LogP contribution in [-0.2, 0) is 11.2 Å². The zero-order valence-corrected chi connectivity index (χ0v) is 18.4. The van der Waals surface area contributed by atoms with Crippen molar-refractivity contribution >= 4 is 17.9 Å². The number of morpholine rings is 1. The second-order valence-electron chi connectivity index (χ2n) is 7.73. The van der Waals surface area contributed by atoms with E-state index in [4.69, 9.17) is 9.47 Å². The minimum Gasteiger partial charge on any atom is -0.460 e. The number of anilines is 2. The molecule has 8 heteroatoms. The van der Waals surface area contributed by atoms with Crippen molar-refractivity contribution in [2.45, 2.75) is 26.4 Å². The van der Waals surface area contributed by atoms with Gasteiger partial charge in [0, 0.05) is 37.5 Å². The molecule has 8 nitrogen and oxygen atoms in total. The Kier molecular flexibility index (Phi) is 7.24. The molecule has 4 rings (SSSR count). The molecule has 1 fully saturated rings. The molecule has 32 heavy (non-hydrogen) atoms. The summed E-state index contributed by atoms with van der Waals surface area (Å²) in [5.74, 6) is 1.36. The van der Waals surface area contributed by atoms with Gasteiger partial charge in [-0.1, -0.05) is 35.9 Å². The van der Waals surface area contributed by atoms with Crippen LogP contribution in [0.3, 0.4) is 0 Å². The summed E-state index contributed by atoms with van der Waals surface area (Å²) in [7, 11) is 0. The lowest BCUT2D eigenvalue weighted by molar-refractivity contribution is 0.122. The Hall–Kier alpha value is -3.52. The Labute approximate surface area is 188 Å². The van der Waals surface area contributed by atoms with E-state index in [1.807, 2.05) is 43.3 Å². The summed E-state index contributed by atoms with van der Waals surface area (Å²) in [5, 5.41) is 4.35. The van der Waals surface area contributed by atoms with E-state index in [1.165, 1.54) is 5.56 Å². The average Bonchev–Trinajstić information content (AvgIpc) is 2.80. The number of hydrogen-bond acceptors (Lipinski definition) is 8. The van der Waals surface area contributed by atoms with E-state index in [1.54, 1.807) is 12.4 Å². The fraction of sp³-hybridized carbons (Fsp3) is 0.333. The number of rotatable bonds is 8. The largest absolute Gasteiger partial charge is 0.460 e. The van der Waals surface area contributed by atoms with E-state index in [0.29, 0.717) is 31.5 Å². The van der Waals surface area contributed by atoms with Crippen LogP contribution in [0.2, 0.25) is 0 Å². The molecular weight excluding hydrogens is 404 g/mol. The van der Waals surface area contributed by atoms with Crippen molar-refractivity contribution in [3.05, 3.63) is 71.5 Å². The fourth-order valence-electron chi connectivity index (χ4n) is 3.44. The molecule has 1 saturated heterocycles. The maximum atomic E-state index is 6.06. The fourth-order valence-corrected chi connectivity index (χ4v) is 3.44. The Morgan fingerprint density at radius 1 is 1.16 bits per heavy atom. The van der Waals surface area contributed by atoms with Crippen LogP contribution in [0.5, 0.6) is 6.01 Å². The lowest BCUT2D eigenvalue weighted by atomic mass is 10.2. The third-order valence-electron chi connectivity index (χ3n) is 4.99. The second kappa shape index (κ2) is 10.7. The second-order valence-corrected chi connectivity index (χ2v) is 7.73. The molecule has 1 unspecified atom stereocenters. The van der Waals surface area contributed by atoms with Gasteiger partial charge < -0.3 is 14.4 Å². The molecule has 0 bridgehead atoms. The number of hydrogen-bond donors (Lipinski definition) is 1. The molecule has 1 atom stereocenters. The highest BCUT2D eigenvalue weighted by Gasteiger charge is 2.17. The predicted molar refractivity (Wildman–Crippen MR) is 125 cm³/mol. The molecule has 1 aliphatic heterocycles. The first-order valence-corrected chi connectivity index (χ1v) is 10.8. The number of aryl methyl sites for hydroxylation is 1. The minimum absolute atomic E-state index is 0.131. The molecule has 0 amide bonds. The smallest absolute Gasteiger partial charge is 0.320 e. The predicted octanol–water partition coefficient (Wildman–Crippen LogP) is 3.47. The topological polar surface area (TPSA) is 84.8 Å². The Bertz CT molecular complexity index is 1040. The van der Waals surface area contributed by atoms with Crippen LogP contribution in [0.1, 0.15) is 23.7 Å². The highest BCUT2D eigenvalue weighted by Crippen LogP contribution is 2.21. The van der Waals surface area contributed by atoms with Crippen LogP contribution in [0.4, 0.5) is 11.6 Å². The number of nitrogens with one attached hydrogen (secondary N) is 1. The van der Waals surface area contributed by atoms with E-state index in [-0.39, 0.29) is 6.10 Å². The van der Waals surface area contributed by atoms with Gasteiger partial charge in [-0.2, -0.15) is 15.1 Å². The molecule has 0 saturated carbocycles. The lowest BCUT2D eigenvalue weighted by Gasteiger charge is -2.28. The maximum Gasteiger partial charge on any atom is 0.320 e. The normalized spacial score (nSPS) is 15.0. The molecule has 3 heterocycles. The van der Waals surface area contributed by atoms with Crippen LogP contribution < -0.4 is 15.1 Å². The highest BCUT2D eigenvalue weighted by molar-refractivity contribution is 5.80. The summed E-state index contributed by atoms with van der Waals surface area (Å²) >= 11 is 0. The summed E-state index contributed by atoms with van der Waals surface area (Å²) in [6.45, 7) is 6.93. The summed E-state index contributed by atoms with van der Waals surface area (Å²) in [6, 6.07) is 16.2. The van der Waals surface area contributed by atoms with Crippen molar-refractivity contribution in [3.8, 4) is 6.01 Å². The van der Waals surface area contributed by atoms with Gasteiger partial charge >= 0.3 is 6.01 Å². The van der Waals surface area contributed by atoms with Crippen molar-refractivity contribution in [1.82, 2.24) is 15.0 Å². The van der Waals surface area contributed by atoms with Crippen LogP contribution in [-0.4, -0.2) is 53.6 Å². The molecule has 0 radical (unpaired) electrons. The molecule has 1 aliphatic rings. The van der Waals surface area contributed by atoms with E-state index >= 15 is 0 Å². The standard InChI is InChI=1S/C24H28N6O2/c1-18-6-5-7-20(14-18)17-26-29-22-16-23(30-10-12-31-13-11-30)28-24(27-22)32-19(2)15-21-8-3-4-9-25-21/h3-9,14,16-17,19H,10-13,15H2,1-2H3,(H,27,28,29). The summed E-state index contributed by atoms with van der Waals surface area (Å²) in [6.07, 6.45) is 4.09. The van der Waals surface area contributed by atoms with Crippen LogP contribution in [0.25, 0.3) is 0 Å². The number of pyridine rings is 1. The van der Waals surface area contributed by atoms with Crippen molar-refractivity contribution in [2.75, 3.05) is 36.6 Å². The number of aromatic nitrogens is 3. The summed E-state index contributed by atoms with van der Waals surface area (Å²) in [4.78, 5) is 15.7. The van der Waals surface area contributed by atoms with Gasteiger partial charge in [0.2, 0.25) is 0 Å². The van der Waals surface area contributed by atoms with Gasteiger partial charge in [-0.3, -0.25) is 10.4 Å². The molecule has 2 aromatic heterocycles. The van der Waals surface area contributed by atoms with Crippen LogP contribution >= 0.6 is 0 Å². The van der Waals surface area contributed by atoms with Crippen molar-refractivity contribution < 1.29 is 9.47 Å². The Morgan fingerprint density at radius 2 is 2.03 bits per heavy atom. The van der Waals surface area contributed by atoms with Crippen molar-refractivity contribution in [2.24, 2.45) is 5.10 Å². The first-order chi connectivity index (χ1) is 15.7. The molecule has 0 spiro atoms. The summed E-state index contributed by atoms with van der Waals surface area (Å²) < 4.78 is 11.5. The quantitative estimate of drug-likeness (QED) is 0.431. The average molecular weight is 433 g/mol. The molecule has 166 valence electrons. The zero-order valence-electron chi connectivity index (χ0n) is 18.4. The van der Waals surface area contributed by atoms with Crippen LogP contribution in [0.15, 0.2) is 59.8 Å². The molecule has 3 aromatic rings. The Balaban J connectivity index is 1.50. The zero-order chi connectivity index (χ0) is 22.2. The molecular formula is C24H28N6O2. The van der Waals surface area contributed by atoms with Gasteiger partial charge in [-0.15, -0.1) is 0 Å². The third-order valence-corrected chi connectivity index (χ3v) is 4.99. The number of hydrazone groups is 1. The van der Waals surface area contributed by atoms with Crippen LogP contribution in [0, 0.1) is 6.92 Å². The number of ether oxygens (including phenoxy) is 2. The third kappa shape index (κ3) is 6.24. The summed E-state index contributed by atoms with van der Waals surface area (Å²) in [5.41, 5.74) is 6.18. The molecule has 1 aromatic carbocycles. The van der Waals surface area contributed by atoms with Crippen molar-refractivity contribution in [1.29, 1.82) is 0 Å². The molecule has 1 N–H and O–H groups in total. The number of nitrogens with zero attached hydrogens (tertiary/aromatic N) is 5. The lowest BCUT2D eigenvalue weighted by Crippen LogP contribution is -2.37. The monoisotopic (exact) mass is 432 g/mol. The first-order valence-electron chi connectivity index (χ1n) is 10.8. The van der Waals surface area contributed by atoms with Crippen molar-refractivity contribution in [3.63, 3.8) is 0 Å². The number of benzene rings is 1. The van der Waals surface area contributed by atoms with E-state index in [9.17, 15) is 0 Å². The van der Waals surface area contributed by atoms with Gasteiger partial charge in [-0.05, 0) is 31.5 Å². The van der Waals surface area contributed by atoms with Gasteiger partial charge in [0.05, 0.1) is 19.4 Å². The van der Waals surface area contributed by atoms with Gasteiger partial charge in [-0.25, -0.2) is 0 Å². The SMILES string of the molecule is Cc1cccc(C=NNc2cc(N3CCOCC3)nc(OC(C)Cc3ccccn3)n2)c1. The highest BCUT2D eigenvalue weighted by atomic mass is 16.5. The van der Waals surface area contributed by atoms with Gasteiger partial charge in [0.15, 0.2) is 5.82 Å². The van der Waals surface area contributed by atoms with Gasteiger partial charge in [0.25, 0.3) is 0 Å². The van der Waals surface area contributed by atoms with Gasteiger partial charge in [0.1, 0.15) is 11.9 Å². The molecule has 0 aliphatic carbocycles. The van der Waals surface area contributed by atoms with E-state index < -0.39 is 0 Å². The maximum absolute atomic E-state index is 6.06. The van der Waals surface area contributed by atoms with E-state index in [2.05, 4.69) is 49.4 Å². The first kappa shape index (κ1) is 21.7. The minimum atomic E-state index is -0.131.